The van der Waals surface area contributed by atoms with E-state index in [1.165, 1.54) is 12.1 Å². The molecule has 2 saturated heterocycles. The van der Waals surface area contributed by atoms with E-state index in [-0.39, 0.29) is 22.2 Å². The lowest BCUT2D eigenvalue weighted by atomic mass is 10.3. The Labute approximate surface area is 146 Å². The Bertz CT molecular complexity index is 821. The van der Waals surface area contributed by atoms with Crippen molar-refractivity contribution in [3.63, 3.8) is 0 Å². The van der Waals surface area contributed by atoms with Crippen LogP contribution in [0.3, 0.4) is 0 Å². The Morgan fingerprint density at radius 3 is 1.96 bits per heavy atom. The molecule has 0 aliphatic carbocycles. The van der Waals surface area contributed by atoms with Crippen molar-refractivity contribution in [3.8, 4) is 11.5 Å². The van der Waals surface area contributed by atoms with Gasteiger partial charge in [0.25, 0.3) is 0 Å². The van der Waals surface area contributed by atoms with Crippen LogP contribution in [0.1, 0.15) is 6.42 Å². The van der Waals surface area contributed by atoms with Gasteiger partial charge in [-0.15, -0.1) is 0 Å². The number of hydrogen-bond acceptors (Lipinski definition) is 6. The molecule has 0 radical (unpaired) electrons. The normalized spacial score (nSPS) is 22.1. The zero-order chi connectivity index (χ0) is 17.3. The SMILES string of the molecule is O=S(=O)(c1ccc(OCC2CO2)cc1)c1ccc(OC2CCO2)cc1. The first-order valence-corrected chi connectivity index (χ1v) is 9.57. The molecule has 25 heavy (non-hydrogen) atoms. The van der Waals surface area contributed by atoms with Crippen molar-refractivity contribution in [2.24, 2.45) is 0 Å². The van der Waals surface area contributed by atoms with Gasteiger partial charge in [0.1, 0.15) is 24.2 Å². The maximum absolute atomic E-state index is 12.7. The van der Waals surface area contributed by atoms with E-state index in [0.29, 0.717) is 24.7 Å². The summed E-state index contributed by atoms with van der Waals surface area (Å²) in [7, 11) is -3.58. The Balaban J connectivity index is 1.45. The third kappa shape index (κ3) is 3.78. The first-order valence-electron chi connectivity index (χ1n) is 8.09. The number of hydrogen-bond donors (Lipinski definition) is 0. The van der Waals surface area contributed by atoms with Gasteiger partial charge >= 0.3 is 0 Å². The smallest absolute Gasteiger partial charge is 0.206 e. The highest BCUT2D eigenvalue weighted by Gasteiger charge is 2.23. The summed E-state index contributed by atoms with van der Waals surface area (Å²) in [5, 5.41) is 0. The minimum atomic E-state index is -3.58. The highest BCUT2D eigenvalue weighted by molar-refractivity contribution is 7.91. The average molecular weight is 362 g/mol. The van der Waals surface area contributed by atoms with E-state index in [0.717, 1.165) is 13.0 Å². The van der Waals surface area contributed by atoms with Gasteiger partial charge in [-0.3, -0.25) is 0 Å². The minimum absolute atomic E-state index is 0.162. The fourth-order valence-corrected chi connectivity index (χ4v) is 3.62. The predicted octanol–water partition coefficient (Wildman–Crippen LogP) is 2.42. The van der Waals surface area contributed by atoms with Crippen LogP contribution in [0.15, 0.2) is 58.3 Å². The van der Waals surface area contributed by atoms with E-state index in [1.807, 2.05) is 0 Å². The Hall–Kier alpha value is -2.09. The van der Waals surface area contributed by atoms with Gasteiger partial charge in [-0.1, -0.05) is 0 Å². The third-order valence-electron chi connectivity index (χ3n) is 4.03. The number of benzene rings is 2. The highest BCUT2D eigenvalue weighted by atomic mass is 32.2. The van der Waals surface area contributed by atoms with Crippen molar-refractivity contribution in [1.29, 1.82) is 0 Å². The van der Waals surface area contributed by atoms with Crippen LogP contribution in [0.5, 0.6) is 11.5 Å². The molecule has 0 aromatic heterocycles. The van der Waals surface area contributed by atoms with Crippen LogP contribution in [-0.2, 0) is 19.3 Å². The molecule has 2 heterocycles. The van der Waals surface area contributed by atoms with Crippen LogP contribution in [0.4, 0.5) is 0 Å². The van der Waals surface area contributed by atoms with E-state index in [1.54, 1.807) is 36.4 Å². The number of epoxide rings is 1. The van der Waals surface area contributed by atoms with Crippen molar-refractivity contribution in [3.05, 3.63) is 48.5 Å². The second kappa shape index (κ2) is 6.67. The topological polar surface area (TPSA) is 74.4 Å². The Morgan fingerprint density at radius 2 is 1.48 bits per heavy atom. The number of ether oxygens (including phenoxy) is 4. The molecule has 2 unspecified atom stereocenters. The van der Waals surface area contributed by atoms with Gasteiger partial charge in [-0.05, 0) is 48.5 Å². The number of sulfone groups is 1. The van der Waals surface area contributed by atoms with Crippen LogP contribution in [-0.4, -0.2) is 40.6 Å². The molecule has 132 valence electrons. The molecule has 4 rings (SSSR count). The first kappa shape index (κ1) is 16.4. The summed E-state index contributed by atoms with van der Waals surface area (Å²) in [4.78, 5) is 0.438. The standard InChI is InChI=1S/C18H18O6S/c19-25(20,16-5-1-13(2-6-16)22-11-15-12-23-15)17-7-3-14(4-8-17)24-18-9-10-21-18/h1-8,15,18H,9-12H2. The van der Waals surface area contributed by atoms with Gasteiger partial charge in [0.05, 0.1) is 23.0 Å². The van der Waals surface area contributed by atoms with Gasteiger partial charge in [-0.25, -0.2) is 8.42 Å². The summed E-state index contributed by atoms with van der Waals surface area (Å²) in [6.45, 7) is 1.90. The van der Waals surface area contributed by atoms with Crippen LogP contribution in [0.25, 0.3) is 0 Å². The average Bonchev–Trinajstić information content (AvgIpc) is 3.42. The van der Waals surface area contributed by atoms with Crippen molar-refractivity contribution >= 4 is 9.84 Å². The molecular formula is C18H18O6S. The zero-order valence-corrected chi connectivity index (χ0v) is 14.3. The zero-order valence-electron chi connectivity index (χ0n) is 13.5. The van der Waals surface area contributed by atoms with Crippen molar-refractivity contribution in [2.45, 2.75) is 28.6 Å². The fourth-order valence-electron chi connectivity index (χ4n) is 2.36. The summed E-state index contributed by atoms with van der Waals surface area (Å²) in [6, 6.07) is 12.8. The van der Waals surface area contributed by atoms with Crippen molar-refractivity contribution in [2.75, 3.05) is 19.8 Å². The number of rotatable bonds is 7. The molecule has 0 amide bonds. The monoisotopic (exact) mass is 362 g/mol. The molecule has 2 aliphatic heterocycles. The van der Waals surface area contributed by atoms with Gasteiger partial charge in [0.15, 0.2) is 0 Å². The van der Waals surface area contributed by atoms with Gasteiger partial charge < -0.3 is 18.9 Å². The van der Waals surface area contributed by atoms with Crippen molar-refractivity contribution < 1.29 is 27.4 Å². The molecule has 0 bridgehead atoms. The molecule has 2 aromatic rings. The van der Waals surface area contributed by atoms with Crippen LogP contribution in [0.2, 0.25) is 0 Å². The predicted molar refractivity (Wildman–Crippen MR) is 88.6 cm³/mol. The minimum Gasteiger partial charge on any atom is -0.491 e. The lowest BCUT2D eigenvalue weighted by Gasteiger charge is -2.26. The first-order chi connectivity index (χ1) is 12.1. The molecular weight excluding hydrogens is 344 g/mol. The Morgan fingerprint density at radius 1 is 0.920 bits per heavy atom. The summed E-state index contributed by atoms with van der Waals surface area (Å²) in [5.41, 5.74) is 0. The second-order valence-corrected chi connectivity index (χ2v) is 7.87. The molecule has 2 fully saturated rings. The lowest BCUT2D eigenvalue weighted by Crippen LogP contribution is -2.32. The fraction of sp³-hybridized carbons (Fsp3) is 0.333. The molecule has 7 heteroatoms. The summed E-state index contributed by atoms with van der Waals surface area (Å²) < 4.78 is 46.7. The van der Waals surface area contributed by atoms with Crippen molar-refractivity contribution in [1.82, 2.24) is 0 Å². The van der Waals surface area contributed by atoms with E-state index < -0.39 is 9.84 Å². The Kier molecular flexibility index (Phi) is 4.37. The van der Waals surface area contributed by atoms with E-state index in [2.05, 4.69) is 0 Å². The van der Waals surface area contributed by atoms with E-state index in [9.17, 15) is 8.42 Å². The van der Waals surface area contributed by atoms with Gasteiger partial charge in [0.2, 0.25) is 16.1 Å². The van der Waals surface area contributed by atoms with Crippen LogP contribution in [0, 0.1) is 0 Å². The molecule has 0 saturated carbocycles. The largest absolute Gasteiger partial charge is 0.491 e. The van der Waals surface area contributed by atoms with E-state index in [4.69, 9.17) is 18.9 Å². The van der Waals surface area contributed by atoms with Crippen LogP contribution >= 0.6 is 0 Å². The maximum Gasteiger partial charge on any atom is 0.206 e. The lowest BCUT2D eigenvalue weighted by molar-refractivity contribution is -0.165. The molecule has 6 nitrogen and oxygen atoms in total. The maximum atomic E-state index is 12.7. The van der Waals surface area contributed by atoms with E-state index >= 15 is 0 Å². The molecule has 0 N–H and O–H groups in total. The molecule has 2 aromatic carbocycles. The second-order valence-electron chi connectivity index (χ2n) is 5.92. The van der Waals surface area contributed by atoms with Gasteiger partial charge in [0, 0.05) is 6.42 Å². The highest BCUT2D eigenvalue weighted by Crippen LogP contribution is 2.26. The summed E-state index contributed by atoms with van der Waals surface area (Å²) in [6.07, 6.45) is 0.784. The summed E-state index contributed by atoms with van der Waals surface area (Å²) >= 11 is 0. The third-order valence-corrected chi connectivity index (χ3v) is 5.82. The van der Waals surface area contributed by atoms with Gasteiger partial charge in [-0.2, -0.15) is 0 Å². The molecule has 0 spiro atoms. The quantitative estimate of drug-likeness (QED) is 0.704. The molecule has 2 aliphatic rings. The van der Waals surface area contributed by atoms with Crippen LogP contribution < -0.4 is 9.47 Å². The summed E-state index contributed by atoms with van der Waals surface area (Å²) in [5.74, 6) is 1.22. The molecule has 2 atom stereocenters.